The predicted molar refractivity (Wildman–Crippen MR) is 67.7 cm³/mol. The van der Waals surface area contributed by atoms with E-state index in [4.69, 9.17) is 0 Å². The number of nitrogens with one attached hydrogen (secondary N) is 1. The molecule has 0 radical (unpaired) electrons. The van der Waals surface area contributed by atoms with Gasteiger partial charge in [-0.3, -0.25) is 4.79 Å². The molecule has 1 aliphatic rings. The molecular weight excluding hydrogens is 212 g/mol. The number of amides is 1. The quantitative estimate of drug-likeness (QED) is 0.622. The molecular formula is C14H8N2O. The van der Waals surface area contributed by atoms with Crippen molar-refractivity contribution in [3.8, 4) is 0 Å². The number of nitrogens with zero attached hydrogens (tertiary/aromatic N) is 1. The molecule has 17 heavy (non-hydrogen) atoms. The zero-order chi connectivity index (χ0) is 11.4. The maximum atomic E-state index is 11.5. The number of fused-ring (bicyclic) bond motifs is 5. The van der Waals surface area contributed by atoms with Gasteiger partial charge in [-0.1, -0.05) is 18.2 Å². The van der Waals surface area contributed by atoms with E-state index in [-0.39, 0.29) is 5.91 Å². The second kappa shape index (κ2) is 2.83. The number of aromatic nitrogens is 1. The summed E-state index contributed by atoms with van der Waals surface area (Å²) < 4.78 is 0. The molecule has 3 aromatic rings. The smallest absolute Gasteiger partial charge is 0.277 e. The van der Waals surface area contributed by atoms with Crippen molar-refractivity contribution in [2.75, 3.05) is 0 Å². The zero-order valence-electron chi connectivity index (χ0n) is 8.90. The average molecular weight is 220 g/mol. The molecule has 80 valence electrons. The molecule has 1 N–H and O–H groups in total. The van der Waals surface area contributed by atoms with Crippen LogP contribution in [0.25, 0.3) is 21.7 Å². The predicted octanol–water partition coefficient (Wildman–Crippen LogP) is 2.89. The van der Waals surface area contributed by atoms with Gasteiger partial charge in [-0.25, -0.2) is 4.99 Å². The maximum absolute atomic E-state index is 11.5. The summed E-state index contributed by atoms with van der Waals surface area (Å²) in [5, 5.41) is 3.39. The second-order valence-electron chi connectivity index (χ2n) is 4.19. The van der Waals surface area contributed by atoms with Crippen LogP contribution in [0.1, 0.15) is 15.9 Å². The zero-order valence-corrected chi connectivity index (χ0v) is 8.90. The van der Waals surface area contributed by atoms with E-state index >= 15 is 0 Å². The molecule has 0 atom stereocenters. The van der Waals surface area contributed by atoms with E-state index in [1.807, 2.05) is 24.4 Å². The molecule has 3 heteroatoms. The monoisotopic (exact) mass is 220 g/mol. The van der Waals surface area contributed by atoms with E-state index in [0.29, 0.717) is 5.56 Å². The number of aliphatic imine (C=N–C) groups is 1. The van der Waals surface area contributed by atoms with Crippen LogP contribution in [-0.4, -0.2) is 17.1 Å². The minimum absolute atomic E-state index is 0.145. The Bertz CT molecular complexity index is 812. The molecule has 2 heterocycles. The summed E-state index contributed by atoms with van der Waals surface area (Å²) in [6.45, 7) is 0. The first kappa shape index (κ1) is 8.70. The highest BCUT2D eigenvalue weighted by atomic mass is 16.1. The molecule has 0 fully saturated rings. The topological polar surface area (TPSA) is 45.2 Å². The minimum Gasteiger partial charge on any atom is -0.361 e. The van der Waals surface area contributed by atoms with Gasteiger partial charge in [-0.15, -0.1) is 0 Å². The van der Waals surface area contributed by atoms with Crippen molar-refractivity contribution in [2.45, 2.75) is 0 Å². The molecule has 4 rings (SSSR count). The van der Waals surface area contributed by atoms with Crippen LogP contribution in [0.2, 0.25) is 0 Å². The first-order chi connectivity index (χ1) is 8.34. The van der Waals surface area contributed by atoms with Crippen LogP contribution < -0.4 is 0 Å². The third-order valence-corrected chi connectivity index (χ3v) is 3.31. The molecule has 0 saturated carbocycles. The summed E-state index contributed by atoms with van der Waals surface area (Å²) in [5.41, 5.74) is 2.74. The summed E-state index contributed by atoms with van der Waals surface area (Å²) in [6, 6.07) is 9.99. The molecule has 0 bridgehead atoms. The Balaban J connectivity index is 2.26. The van der Waals surface area contributed by atoms with Crippen LogP contribution in [0.3, 0.4) is 0 Å². The Hall–Kier alpha value is -2.42. The third-order valence-electron chi connectivity index (χ3n) is 3.31. The van der Waals surface area contributed by atoms with Crippen molar-refractivity contribution >= 4 is 33.8 Å². The van der Waals surface area contributed by atoms with Crippen molar-refractivity contribution in [1.82, 2.24) is 4.98 Å². The Labute approximate surface area is 96.8 Å². The summed E-state index contributed by atoms with van der Waals surface area (Å²) in [5.74, 6) is -0.145. The molecule has 1 aliphatic heterocycles. The Morgan fingerprint density at radius 2 is 1.88 bits per heavy atom. The first-order valence-corrected chi connectivity index (χ1v) is 5.46. The fraction of sp³-hybridized carbons (Fsp3) is 0. The van der Waals surface area contributed by atoms with Crippen molar-refractivity contribution < 1.29 is 4.79 Å². The van der Waals surface area contributed by atoms with Gasteiger partial charge in [0.1, 0.15) is 0 Å². The number of carbonyl (C=O) groups excluding carboxylic acids is 1. The number of hydrogen-bond donors (Lipinski definition) is 1. The van der Waals surface area contributed by atoms with Gasteiger partial charge in [-0.05, 0) is 17.5 Å². The highest BCUT2D eigenvalue weighted by Crippen LogP contribution is 2.30. The molecule has 2 aromatic carbocycles. The lowest BCUT2D eigenvalue weighted by Crippen LogP contribution is -1.92. The van der Waals surface area contributed by atoms with Gasteiger partial charge in [-0.2, -0.15) is 0 Å². The van der Waals surface area contributed by atoms with Crippen LogP contribution in [-0.2, 0) is 0 Å². The third kappa shape index (κ3) is 1.00. The van der Waals surface area contributed by atoms with E-state index in [1.54, 1.807) is 6.21 Å². The fourth-order valence-corrected chi connectivity index (χ4v) is 2.48. The standard InChI is InChI=1S/C14H8N2O/c17-14-11-4-3-10-9(12(11)7-16-14)2-1-8-5-6-15-13(8)10/h1-7,15H. The highest BCUT2D eigenvalue weighted by molar-refractivity contribution is 6.21. The summed E-state index contributed by atoms with van der Waals surface area (Å²) >= 11 is 0. The van der Waals surface area contributed by atoms with E-state index in [9.17, 15) is 4.79 Å². The van der Waals surface area contributed by atoms with Gasteiger partial charge in [0.15, 0.2) is 0 Å². The molecule has 0 saturated heterocycles. The van der Waals surface area contributed by atoms with Crippen LogP contribution in [0.4, 0.5) is 0 Å². The van der Waals surface area contributed by atoms with Crippen LogP contribution in [0.15, 0.2) is 41.5 Å². The molecule has 0 aliphatic carbocycles. The van der Waals surface area contributed by atoms with Crippen molar-refractivity contribution in [1.29, 1.82) is 0 Å². The molecule has 1 amide bonds. The summed E-state index contributed by atoms with van der Waals surface area (Å²) in [7, 11) is 0. The Morgan fingerprint density at radius 1 is 1.00 bits per heavy atom. The van der Waals surface area contributed by atoms with Crippen molar-refractivity contribution in [3.63, 3.8) is 0 Å². The van der Waals surface area contributed by atoms with E-state index in [1.165, 1.54) is 5.39 Å². The van der Waals surface area contributed by atoms with Crippen LogP contribution in [0.5, 0.6) is 0 Å². The lowest BCUT2D eigenvalue weighted by Gasteiger charge is -2.04. The van der Waals surface area contributed by atoms with Gasteiger partial charge in [0.2, 0.25) is 0 Å². The maximum Gasteiger partial charge on any atom is 0.277 e. The van der Waals surface area contributed by atoms with Crippen molar-refractivity contribution in [2.24, 2.45) is 4.99 Å². The largest absolute Gasteiger partial charge is 0.361 e. The molecule has 3 nitrogen and oxygen atoms in total. The first-order valence-electron chi connectivity index (χ1n) is 5.46. The molecule has 0 spiro atoms. The second-order valence-corrected chi connectivity index (χ2v) is 4.19. The number of aromatic amines is 1. The van der Waals surface area contributed by atoms with Gasteiger partial charge in [0.05, 0.1) is 11.1 Å². The SMILES string of the molecule is O=C1N=Cc2c1ccc1c2ccc2cc[nH]c21. The Kier molecular flexibility index (Phi) is 1.45. The normalized spacial score (nSPS) is 13.8. The number of rotatable bonds is 0. The highest BCUT2D eigenvalue weighted by Gasteiger charge is 2.18. The lowest BCUT2D eigenvalue weighted by molar-refractivity contribution is 0.101. The van der Waals surface area contributed by atoms with Gasteiger partial charge >= 0.3 is 0 Å². The summed E-state index contributed by atoms with van der Waals surface area (Å²) in [6.07, 6.45) is 3.59. The van der Waals surface area contributed by atoms with Gasteiger partial charge < -0.3 is 4.98 Å². The summed E-state index contributed by atoms with van der Waals surface area (Å²) in [4.78, 5) is 18.6. The molecule has 1 aromatic heterocycles. The number of carbonyl (C=O) groups is 1. The Morgan fingerprint density at radius 3 is 2.82 bits per heavy atom. The van der Waals surface area contributed by atoms with E-state index in [2.05, 4.69) is 22.1 Å². The van der Waals surface area contributed by atoms with E-state index < -0.39 is 0 Å². The molecule has 0 unspecified atom stereocenters. The number of hydrogen-bond acceptors (Lipinski definition) is 1. The van der Waals surface area contributed by atoms with Crippen LogP contribution >= 0.6 is 0 Å². The minimum atomic E-state index is -0.145. The average Bonchev–Trinajstić information content (AvgIpc) is 2.95. The van der Waals surface area contributed by atoms with Crippen LogP contribution in [0, 0.1) is 0 Å². The fourth-order valence-electron chi connectivity index (χ4n) is 2.48. The number of H-pyrrole nitrogens is 1. The number of benzene rings is 2. The van der Waals surface area contributed by atoms with E-state index in [0.717, 1.165) is 21.9 Å². The van der Waals surface area contributed by atoms with Gasteiger partial charge in [0.25, 0.3) is 5.91 Å². The van der Waals surface area contributed by atoms with Crippen molar-refractivity contribution in [3.05, 3.63) is 47.7 Å². The van der Waals surface area contributed by atoms with Gasteiger partial charge in [0, 0.05) is 28.7 Å². The lowest BCUT2D eigenvalue weighted by atomic mass is 9.99.